The Bertz CT molecular complexity index is 1840. The maximum absolute atomic E-state index is 12.9. The molecule has 1 spiro atoms. The van der Waals surface area contributed by atoms with Crippen LogP contribution in [0.4, 0.5) is 0 Å². The molecule has 1 aromatic rings. The van der Waals surface area contributed by atoms with Gasteiger partial charge in [0.1, 0.15) is 12.2 Å². The normalized spacial score (nSPS) is 41.2. The fourth-order valence-electron chi connectivity index (χ4n) is 11.3. The fourth-order valence-corrected chi connectivity index (χ4v) is 11.3. The van der Waals surface area contributed by atoms with Crippen molar-refractivity contribution in [2.75, 3.05) is 52.5 Å². The predicted molar refractivity (Wildman–Crippen MR) is 216 cm³/mol. The number of ether oxygens (including phenoxy) is 2. The summed E-state index contributed by atoms with van der Waals surface area (Å²) in [6.07, 6.45) is 2.27. The van der Waals surface area contributed by atoms with Crippen LogP contribution in [-0.2, 0) is 22.6 Å². The van der Waals surface area contributed by atoms with Gasteiger partial charge in [-0.3, -0.25) is 14.6 Å². The van der Waals surface area contributed by atoms with Gasteiger partial charge in [-0.05, 0) is 93.0 Å². The van der Waals surface area contributed by atoms with Crippen LogP contribution >= 0.6 is 0 Å². The molecule has 14 nitrogen and oxygen atoms in total. The first-order chi connectivity index (χ1) is 28.0. The van der Waals surface area contributed by atoms with Gasteiger partial charge in [0.05, 0.1) is 43.0 Å². The summed E-state index contributed by atoms with van der Waals surface area (Å²) in [6, 6.07) is 3.41. The molecule has 0 aromatic heterocycles. The Balaban J connectivity index is 1.34. The van der Waals surface area contributed by atoms with E-state index < -0.39 is 47.1 Å². The van der Waals surface area contributed by atoms with Crippen LogP contribution in [0.25, 0.3) is 0 Å². The van der Waals surface area contributed by atoms with Crippen molar-refractivity contribution in [3.63, 3.8) is 0 Å². The van der Waals surface area contributed by atoms with Gasteiger partial charge in [0.25, 0.3) is 0 Å². The second-order valence-corrected chi connectivity index (χ2v) is 18.4. The minimum atomic E-state index is -1.09. The van der Waals surface area contributed by atoms with E-state index in [0.29, 0.717) is 69.0 Å². The number of phenolic OH excluding ortho intramolecular Hbond substituents is 1. The molecule has 14 heteroatoms. The summed E-state index contributed by atoms with van der Waals surface area (Å²) in [5.41, 5.74) is 6.00. The fraction of sp³-hybridized carbons (Fsp3) is 0.727. The molecule has 0 amide bonds. The number of β-amino-alcohol motifs (C(OH)–C–C–N with tert-alkyl or cyclic N) is 1. The summed E-state index contributed by atoms with van der Waals surface area (Å²) in [4.78, 5) is 22.2. The Morgan fingerprint density at radius 3 is 2.76 bits per heavy atom. The maximum Gasteiger partial charge on any atom is 0.302 e. The zero-order chi connectivity index (χ0) is 40.6. The van der Waals surface area contributed by atoms with Crippen molar-refractivity contribution in [3.05, 3.63) is 23.3 Å². The van der Waals surface area contributed by atoms with E-state index in [0.717, 1.165) is 38.0 Å². The lowest BCUT2D eigenvalue weighted by Gasteiger charge is -2.58. The number of hydrogen-bond donors (Lipinski definition) is 8. The second kappa shape index (κ2) is 17.2. The lowest BCUT2D eigenvalue weighted by atomic mass is 9.68. The largest absolute Gasteiger partial charge is 0.504 e. The Hall–Kier alpha value is -3.60. The average molecular weight is 803 g/mol. The van der Waals surface area contributed by atoms with Crippen molar-refractivity contribution in [2.24, 2.45) is 45.7 Å². The number of esters is 1. The Morgan fingerprint density at radius 1 is 1.09 bits per heavy atom. The first-order valence-corrected chi connectivity index (χ1v) is 21.5. The molecule has 3 saturated heterocycles. The van der Waals surface area contributed by atoms with Gasteiger partial charge < -0.3 is 51.4 Å². The number of nitrogens with two attached hydrogens (primary N) is 1. The first kappa shape index (κ1) is 41.1. The number of phenols is 1. The molecule has 14 unspecified atom stereocenters. The molecule has 14 atom stereocenters. The summed E-state index contributed by atoms with van der Waals surface area (Å²) in [5, 5.41) is 64.9. The topological polar surface area (TPSA) is 206 Å². The quantitative estimate of drug-likeness (QED) is 0.157. The van der Waals surface area contributed by atoms with Crippen molar-refractivity contribution >= 4 is 11.9 Å². The van der Waals surface area contributed by atoms with E-state index in [9.17, 15) is 30.3 Å². The van der Waals surface area contributed by atoms with Crippen molar-refractivity contribution in [3.8, 4) is 35.2 Å². The number of benzene rings is 1. The van der Waals surface area contributed by atoms with Gasteiger partial charge in [-0.25, -0.2) is 4.99 Å². The SMILES string of the molecule is CC(=O)OC1CC(O)CCC23C#CC4CC(C#CCC5(CO)C6CC(CN(CN=C(N)NC2)C6)CN5CC3O)CC2CC(CCN2)Oc2cc(c(CO)cc2O)CC41. The van der Waals surface area contributed by atoms with Crippen LogP contribution in [0.2, 0.25) is 0 Å². The van der Waals surface area contributed by atoms with Crippen LogP contribution in [-0.4, -0.2) is 136 Å². The van der Waals surface area contributed by atoms with Crippen LogP contribution < -0.4 is 21.1 Å². The van der Waals surface area contributed by atoms with E-state index in [1.165, 1.54) is 6.92 Å². The summed E-state index contributed by atoms with van der Waals surface area (Å²) in [5.74, 6) is 14.1. The number of rotatable bonds is 3. The highest BCUT2D eigenvalue weighted by atomic mass is 16.5. The minimum Gasteiger partial charge on any atom is -0.504 e. The van der Waals surface area contributed by atoms with Gasteiger partial charge in [0, 0.05) is 76.3 Å². The van der Waals surface area contributed by atoms with Crippen molar-refractivity contribution < 1.29 is 39.8 Å². The third kappa shape index (κ3) is 8.53. The standard InChI is InChI=1S/C44H62N6O8/c1-27(53)57-39-18-35(54)5-9-43-8-4-30-11-28(13-34-17-36(6-10-46-34)58-40-16-31(14-37(30)39)32(23-51)15-38(40)55)3-2-7-44(25-52)33-12-29(20-50(44)22-41(43)56)19-49(21-33)26-48-42(45)47-24-43/h15-16,28-30,33-37,39,41,46,51-52,54-56H,5-7,9-14,17-26H2,1H3,(H3,45,47,48). The Morgan fingerprint density at radius 2 is 1.95 bits per heavy atom. The van der Waals surface area contributed by atoms with E-state index in [4.69, 9.17) is 20.2 Å². The van der Waals surface area contributed by atoms with E-state index in [1.54, 1.807) is 12.1 Å². The van der Waals surface area contributed by atoms with E-state index in [-0.39, 0.29) is 74.8 Å². The maximum atomic E-state index is 12.9. The number of carbonyl (C=O) groups is 1. The molecule has 8 aliphatic rings. The third-order valence-electron chi connectivity index (χ3n) is 14.5. The van der Waals surface area contributed by atoms with Crippen LogP contribution in [0.1, 0.15) is 75.8 Å². The summed E-state index contributed by atoms with van der Waals surface area (Å²) in [7, 11) is 0. The number of aliphatic hydroxyl groups excluding tert-OH is 4. The van der Waals surface area contributed by atoms with E-state index in [1.807, 2.05) is 0 Å². The lowest BCUT2D eigenvalue weighted by molar-refractivity contribution is -0.152. The van der Waals surface area contributed by atoms with Crippen molar-refractivity contribution in [1.29, 1.82) is 0 Å². The van der Waals surface area contributed by atoms with Gasteiger partial charge in [-0.2, -0.15) is 0 Å². The average Bonchev–Trinajstić information content (AvgIpc) is 3.20. The number of carbonyl (C=O) groups excluding carboxylic acids is 1. The number of nitrogens with zero attached hydrogens (tertiary/aromatic N) is 3. The number of piperidine rings is 3. The molecule has 3 fully saturated rings. The molecule has 7 aliphatic heterocycles. The second-order valence-electron chi connectivity index (χ2n) is 18.4. The molecule has 9 N–H and O–H groups in total. The van der Waals surface area contributed by atoms with Gasteiger partial charge in [-0.1, -0.05) is 17.8 Å². The number of guanidine groups is 1. The van der Waals surface area contributed by atoms with Crippen LogP contribution in [0.3, 0.4) is 0 Å². The molecular formula is C44H62N6O8. The Labute approximate surface area is 341 Å². The molecule has 0 saturated carbocycles. The van der Waals surface area contributed by atoms with Gasteiger partial charge in [0.15, 0.2) is 17.5 Å². The molecule has 12 bridgehead atoms. The number of hydrogen-bond acceptors (Lipinski definition) is 14. The van der Waals surface area contributed by atoms with Crippen molar-refractivity contribution in [1.82, 2.24) is 20.4 Å². The third-order valence-corrected chi connectivity index (χ3v) is 14.5. The zero-order valence-corrected chi connectivity index (χ0v) is 33.7. The highest BCUT2D eigenvalue weighted by Crippen LogP contribution is 2.45. The Kier molecular flexibility index (Phi) is 12.2. The van der Waals surface area contributed by atoms with E-state index >= 15 is 0 Å². The van der Waals surface area contributed by atoms with Gasteiger partial charge in [0.2, 0.25) is 0 Å². The highest BCUT2D eigenvalue weighted by molar-refractivity contribution is 5.77. The molecule has 1 aliphatic carbocycles. The van der Waals surface area contributed by atoms with Gasteiger partial charge in [-0.15, -0.1) is 5.92 Å². The van der Waals surface area contributed by atoms with Crippen molar-refractivity contribution in [2.45, 2.75) is 114 Å². The first-order valence-electron chi connectivity index (χ1n) is 21.5. The molecule has 0 radical (unpaired) electrons. The van der Waals surface area contributed by atoms with E-state index in [2.05, 4.69) is 44.1 Å². The smallest absolute Gasteiger partial charge is 0.302 e. The summed E-state index contributed by atoms with van der Waals surface area (Å²) in [6.45, 7) is 4.79. The number of fused-ring (bicyclic) bond motifs is 8. The number of aliphatic hydroxyl groups is 4. The number of nitrogens with one attached hydrogen (secondary N) is 2. The molecule has 1 aromatic carbocycles. The van der Waals surface area contributed by atoms with Crippen LogP contribution in [0.15, 0.2) is 17.1 Å². The number of aliphatic imine (C=N–C) groups is 1. The minimum absolute atomic E-state index is 0.0507. The monoisotopic (exact) mass is 802 g/mol. The summed E-state index contributed by atoms with van der Waals surface area (Å²) >= 11 is 0. The number of aromatic hydroxyl groups is 1. The molecule has 7 heterocycles. The van der Waals surface area contributed by atoms with Crippen LogP contribution in [0, 0.1) is 58.7 Å². The molecular weight excluding hydrogens is 741 g/mol. The lowest BCUT2D eigenvalue weighted by Crippen LogP contribution is -2.68. The molecule has 58 heavy (non-hydrogen) atoms. The molecule has 316 valence electrons. The molecule has 9 rings (SSSR count). The van der Waals surface area contributed by atoms with Crippen LogP contribution in [0.5, 0.6) is 11.5 Å². The predicted octanol–water partition coefficient (Wildman–Crippen LogP) is 0.663. The zero-order valence-electron chi connectivity index (χ0n) is 33.7. The van der Waals surface area contributed by atoms with Gasteiger partial charge >= 0.3 is 5.97 Å². The highest BCUT2D eigenvalue weighted by Gasteiger charge is 2.53. The summed E-state index contributed by atoms with van der Waals surface area (Å²) < 4.78 is 12.7.